The number of pyridine rings is 1. The van der Waals surface area contributed by atoms with Gasteiger partial charge in [-0.15, -0.1) is 0 Å². The van der Waals surface area contributed by atoms with Crippen LogP contribution >= 0.6 is 27.7 Å². The first kappa shape index (κ1) is 18.5. The van der Waals surface area contributed by atoms with Crippen LogP contribution in [0.1, 0.15) is 12.7 Å². The van der Waals surface area contributed by atoms with E-state index in [0.29, 0.717) is 27.6 Å². The summed E-state index contributed by atoms with van der Waals surface area (Å²) in [6, 6.07) is 7.98. The Balaban J connectivity index is 1.62. The molecular weight excluding hydrogens is 423 g/mol. The average molecular weight is 437 g/mol. The van der Waals surface area contributed by atoms with Crippen LogP contribution in [0.25, 0.3) is 11.5 Å². The maximum Gasteiger partial charge on any atom is 0.258 e. The van der Waals surface area contributed by atoms with Crippen LogP contribution in [0.2, 0.25) is 0 Å². The fraction of sp³-hybridized carbons (Fsp3) is 0.176. The second-order valence-corrected chi connectivity index (χ2v) is 7.12. The molecule has 6 nitrogen and oxygen atoms in total. The van der Waals surface area contributed by atoms with Crippen LogP contribution in [0.5, 0.6) is 0 Å². The van der Waals surface area contributed by atoms with Crippen molar-refractivity contribution >= 4 is 39.3 Å². The summed E-state index contributed by atoms with van der Waals surface area (Å²) in [7, 11) is 0. The molecule has 0 fully saturated rings. The first-order valence-electron chi connectivity index (χ1n) is 7.72. The highest BCUT2D eigenvalue weighted by Crippen LogP contribution is 2.24. The maximum absolute atomic E-state index is 13.8. The number of amides is 1. The highest BCUT2D eigenvalue weighted by molar-refractivity contribution is 9.10. The van der Waals surface area contributed by atoms with E-state index in [9.17, 15) is 9.18 Å². The third-order valence-corrected chi connectivity index (χ3v) is 4.74. The maximum atomic E-state index is 13.8. The molecule has 0 bridgehead atoms. The summed E-state index contributed by atoms with van der Waals surface area (Å²) in [6.07, 6.45) is 2.29. The molecule has 134 valence electrons. The number of aromatic nitrogens is 3. The topological polar surface area (TPSA) is 80.9 Å². The number of nitrogens with one attached hydrogen (secondary N) is 1. The number of nitrogens with zero attached hydrogens (tertiary/aromatic N) is 3. The molecular formula is C17H14BrFN4O2S. The zero-order chi connectivity index (χ0) is 18.5. The van der Waals surface area contributed by atoms with Gasteiger partial charge in [-0.3, -0.25) is 4.79 Å². The molecule has 0 saturated heterocycles. The molecule has 3 aromatic rings. The monoisotopic (exact) mass is 436 g/mol. The number of hydrogen-bond donors (Lipinski definition) is 1. The average Bonchev–Trinajstić information content (AvgIpc) is 3.12. The van der Waals surface area contributed by atoms with Crippen molar-refractivity contribution in [2.45, 2.75) is 18.4 Å². The minimum absolute atomic E-state index is 0.0933. The Morgan fingerprint density at radius 1 is 1.35 bits per heavy atom. The van der Waals surface area contributed by atoms with E-state index >= 15 is 0 Å². The van der Waals surface area contributed by atoms with E-state index in [0.717, 1.165) is 5.56 Å². The van der Waals surface area contributed by atoms with Crippen LogP contribution in [-0.2, 0) is 11.2 Å². The zero-order valence-electron chi connectivity index (χ0n) is 13.7. The van der Waals surface area contributed by atoms with Crippen molar-refractivity contribution in [3.05, 3.63) is 52.6 Å². The predicted octanol–water partition coefficient (Wildman–Crippen LogP) is 4.33. The van der Waals surface area contributed by atoms with Gasteiger partial charge >= 0.3 is 0 Å². The van der Waals surface area contributed by atoms with Gasteiger partial charge in [0.2, 0.25) is 5.91 Å². The van der Waals surface area contributed by atoms with Crippen molar-refractivity contribution in [1.82, 2.24) is 15.1 Å². The smallest absolute Gasteiger partial charge is 0.258 e. The van der Waals surface area contributed by atoms with Crippen LogP contribution in [0.3, 0.4) is 0 Å². The van der Waals surface area contributed by atoms with Gasteiger partial charge in [0.25, 0.3) is 5.89 Å². The van der Waals surface area contributed by atoms with E-state index in [1.54, 1.807) is 24.4 Å². The minimum Gasteiger partial charge on any atom is -0.334 e. The lowest BCUT2D eigenvalue weighted by Crippen LogP contribution is -2.15. The molecule has 3 rings (SSSR count). The van der Waals surface area contributed by atoms with Gasteiger partial charge in [0, 0.05) is 22.7 Å². The Hall–Kier alpha value is -2.26. The Morgan fingerprint density at radius 2 is 2.19 bits per heavy atom. The van der Waals surface area contributed by atoms with Gasteiger partial charge in [0.1, 0.15) is 5.82 Å². The highest BCUT2D eigenvalue weighted by Gasteiger charge is 2.11. The number of anilines is 1. The molecule has 0 saturated carbocycles. The lowest BCUT2D eigenvalue weighted by atomic mass is 10.3. The van der Waals surface area contributed by atoms with Crippen LogP contribution in [0.4, 0.5) is 10.1 Å². The third-order valence-electron chi connectivity index (χ3n) is 3.32. The molecule has 0 aliphatic rings. The molecule has 0 radical (unpaired) electrons. The summed E-state index contributed by atoms with van der Waals surface area (Å²) >= 11 is 4.41. The molecule has 1 N–H and O–H groups in total. The molecule has 1 amide bonds. The summed E-state index contributed by atoms with van der Waals surface area (Å²) < 4.78 is 19.6. The largest absolute Gasteiger partial charge is 0.334 e. The number of rotatable bonds is 6. The molecule has 0 aliphatic heterocycles. The molecule has 0 atom stereocenters. The Morgan fingerprint density at radius 3 is 2.92 bits per heavy atom. The van der Waals surface area contributed by atoms with Crippen LogP contribution < -0.4 is 5.32 Å². The van der Waals surface area contributed by atoms with Crippen molar-refractivity contribution in [3.63, 3.8) is 0 Å². The lowest BCUT2D eigenvalue weighted by Gasteiger charge is -2.06. The van der Waals surface area contributed by atoms with E-state index < -0.39 is 5.82 Å². The number of carbonyl (C=O) groups excluding carboxylic acids is 1. The number of hydrogen-bond acceptors (Lipinski definition) is 6. The van der Waals surface area contributed by atoms with Crippen LogP contribution in [0.15, 0.2) is 50.6 Å². The summed E-state index contributed by atoms with van der Waals surface area (Å²) in [4.78, 5) is 20.5. The number of halogens is 2. The SMILES string of the molecule is CCc1noc(-c2ccnc(SCC(=O)Nc3ccc(Br)cc3F)c2)n1. The van der Waals surface area contributed by atoms with Gasteiger partial charge in [-0.2, -0.15) is 4.98 Å². The van der Waals surface area contributed by atoms with Crippen molar-refractivity contribution in [2.75, 3.05) is 11.1 Å². The van der Waals surface area contributed by atoms with Crippen molar-refractivity contribution in [3.8, 4) is 11.5 Å². The van der Waals surface area contributed by atoms with E-state index in [4.69, 9.17) is 4.52 Å². The summed E-state index contributed by atoms with van der Waals surface area (Å²) in [5, 5.41) is 7.03. The number of carbonyl (C=O) groups is 1. The second kappa shape index (κ2) is 8.41. The molecule has 0 spiro atoms. The molecule has 26 heavy (non-hydrogen) atoms. The molecule has 2 aromatic heterocycles. The number of aryl methyl sites for hydroxylation is 1. The number of benzene rings is 1. The van der Waals surface area contributed by atoms with Gasteiger partial charge in [0.05, 0.1) is 16.5 Å². The zero-order valence-corrected chi connectivity index (χ0v) is 16.1. The van der Waals surface area contributed by atoms with Gasteiger partial charge in [-0.05, 0) is 30.3 Å². The van der Waals surface area contributed by atoms with Gasteiger partial charge < -0.3 is 9.84 Å². The molecule has 2 heterocycles. The predicted molar refractivity (Wildman–Crippen MR) is 100 cm³/mol. The van der Waals surface area contributed by atoms with Gasteiger partial charge in [-0.25, -0.2) is 9.37 Å². The first-order chi connectivity index (χ1) is 12.5. The fourth-order valence-corrected chi connectivity index (χ4v) is 3.08. The Bertz CT molecular complexity index is 935. The molecule has 0 aliphatic carbocycles. The third kappa shape index (κ3) is 4.67. The molecule has 0 unspecified atom stereocenters. The van der Waals surface area contributed by atoms with Crippen LogP contribution in [-0.4, -0.2) is 26.8 Å². The molecule has 9 heteroatoms. The van der Waals surface area contributed by atoms with Gasteiger partial charge in [0.15, 0.2) is 5.82 Å². The van der Waals surface area contributed by atoms with E-state index in [2.05, 4.69) is 36.4 Å². The Labute approximate surface area is 161 Å². The summed E-state index contributed by atoms with van der Waals surface area (Å²) in [6.45, 7) is 1.94. The minimum atomic E-state index is -0.499. The van der Waals surface area contributed by atoms with Gasteiger partial charge in [-0.1, -0.05) is 39.8 Å². The normalized spacial score (nSPS) is 10.7. The van der Waals surface area contributed by atoms with E-state index in [-0.39, 0.29) is 17.3 Å². The van der Waals surface area contributed by atoms with Crippen molar-refractivity contribution in [2.24, 2.45) is 0 Å². The summed E-state index contributed by atoms with van der Waals surface area (Å²) in [5.41, 5.74) is 0.868. The van der Waals surface area contributed by atoms with Crippen molar-refractivity contribution in [1.29, 1.82) is 0 Å². The molecule has 1 aromatic carbocycles. The standard InChI is InChI=1S/C17H14BrFN4O2S/c1-2-14-22-17(25-23-14)10-5-6-20-16(7-10)26-9-15(24)21-13-4-3-11(18)8-12(13)19/h3-8H,2,9H2,1H3,(H,21,24). The lowest BCUT2D eigenvalue weighted by molar-refractivity contribution is -0.113. The quantitative estimate of drug-likeness (QED) is 0.579. The second-order valence-electron chi connectivity index (χ2n) is 5.21. The summed E-state index contributed by atoms with van der Waals surface area (Å²) in [5.74, 6) is 0.306. The van der Waals surface area contributed by atoms with E-state index in [1.165, 1.54) is 23.9 Å². The van der Waals surface area contributed by atoms with E-state index in [1.807, 2.05) is 6.92 Å². The fourth-order valence-electron chi connectivity index (χ4n) is 2.05. The van der Waals surface area contributed by atoms with Crippen molar-refractivity contribution < 1.29 is 13.7 Å². The first-order valence-corrected chi connectivity index (χ1v) is 9.49. The highest BCUT2D eigenvalue weighted by atomic mass is 79.9. The number of thioether (sulfide) groups is 1. The Kier molecular flexibility index (Phi) is 6.00. The van der Waals surface area contributed by atoms with Crippen LogP contribution in [0, 0.1) is 5.82 Å².